The van der Waals surface area contributed by atoms with Gasteiger partial charge in [0.25, 0.3) is 0 Å². The zero-order valence-electron chi connectivity index (χ0n) is 10.6. The predicted octanol–water partition coefficient (Wildman–Crippen LogP) is 5.10. The maximum absolute atomic E-state index is 3.40. The molecule has 0 aliphatic rings. The third-order valence-electron chi connectivity index (χ3n) is 2.05. The number of rotatable bonds is 3. The summed E-state index contributed by atoms with van der Waals surface area (Å²) in [6.07, 6.45) is 6.87. The van der Waals surface area contributed by atoms with Crippen molar-refractivity contribution in [1.82, 2.24) is 0 Å². The van der Waals surface area contributed by atoms with Crippen LogP contribution in [0.1, 0.15) is 38.7 Å². The summed E-state index contributed by atoms with van der Waals surface area (Å²) in [6, 6.07) is 10.5. The molecule has 1 rings (SSSR count). The smallest absolute Gasteiger partial charge is 0.0209 e. The van der Waals surface area contributed by atoms with E-state index in [1.807, 2.05) is 12.1 Å². The van der Waals surface area contributed by atoms with Gasteiger partial charge in [-0.15, -0.1) is 5.73 Å². The maximum Gasteiger partial charge on any atom is -0.0209 e. The molecule has 0 atom stereocenters. The molecule has 0 saturated carbocycles. The summed E-state index contributed by atoms with van der Waals surface area (Å²) in [5, 5.41) is 0. The van der Waals surface area contributed by atoms with Crippen molar-refractivity contribution < 1.29 is 0 Å². The third-order valence-corrected chi connectivity index (χ3v) is 2.05. The number of benzene rings is 1. The second-order valence-corrected chi connectivity index (χ2v) is 3.77. The quantitative estimate of drug-likeness (QED) is 0.485. The molecule has 0 heteroatoms. The van der Waals surface area contributed by atoms with Crippen LogP contribution >= 0.6 is 0 Å². The summed E-state index contributed by atoms with van der Waals surface area (Å²) in [7, 11) is 0. The van der Waals surface area contributed by atoms with E-state index in [1.54, 1.807) is 6.08 Å². The zero-order valence-corrected chi connectivity index (χ0v) is 10.6. The molecule has 0 nitrogen and oxygen atoms in total. The molecule has 0 aromatic heterocycles. The van der Waals surface area contributed by atoms with Crippen LogP contribution in [0, 0.1) is 0 Å². The van der Waals surface area contributed by atoms with Crippen molar-refractivity contribution in [3.8, 4) is 0 Å². The fourth-order valence-corrected chi connectivity index (χ4v) is 1.11. The van der Waals surface area contributed by atoms with Crippen LogP contribution in [0.2, 0.25) is 0 Å². The fourth-order valence-electron chi connectivity index (χ4n) is 1.11. The lowest BCUT2D eigenvalue weighted by atomic mass is 10.0. The van der Waals surface area contributed by atoms with Gasteiger partial charge in [0.2, 0.25) is 0 Å². The van der Waals surface area contributed by atoms with Gasteiger partial charge in [-0.2, -0.15) is 0 Å². The van der Waals surface area contributed by atoms with E-state index < -0.39 is 0 Å². The van der Waals surface area contributed by atoms with Gasteiger partial charge >= 0.3 is 0 Å². The Morgan fingerprint density at radius 2 is 1.88 bits per heavy atom. The zero-order chi connectivity index (χ0) is 12.2. The van der Waals surface area contributed by atoms with E-state index in [-0.39, 0.29) is 0 Å². The lowest BCUT2D eigenvalue weighted by Gasteiger charge is -2.01. The highest BCUT2D eigenvalue weighted by Gasteiger charge is 1.93. The third kappa shape index (κ3) is 7.84. The number of hydrogen-bond acceptors (Lipinski definition) is 0. The van der Waals surface area contributed by atoms with Crippen LogP contribution < -0.4 is 0 Å². The molecule has 0 heterocycles. The first-order valence-corrected chi connectivity index (χ1v) is 5.78. The van der Waals surface area contributed by atoms with Crippen LogP contribution in [0.4, 0.5) is 0 Å². The van der Waals surface area contributed by atoms with Crippen LogP contribution in [0.25, 0.3) is 0 Å². The number of hydrogen-bond donors (Lipinski definition) is 0. The van der Waals surface area contributed by atoms with Gasteiger partial charge in [-0.1, -0.05) is 69.8 Å². The highest BCUT2D eigenvalue weighted by atomic mass is 14.0. The molecule has 0 aliphatic carbocycles. The van der Waals surface area contributed by atoms with Gasteiger partial charge in [-0.3, -0.25) is 0 Å². The summed E-state index contributed by atoms with van der Waals surface area (Å²) >= 11 is 0. The summed E-state index contributed by atoms with van der Waals surface area (Å²) in [5.74, 6) is 0.659. The van der Waals surface area contributed by atoms with Gasteiger partial charge in [-0.05, 0) is 24.0 Å². The molecule has 0 bridgehead atoms. The molecular formula is C16H22. The summed E-state index contributed by atoms with van der Waals surface area (Å²) < 4.78 is 0. The Labute approximate surface area is 100 Å². The van der Waals surface area contributed by atoms with Crippen molar-refractivity contribution in [2.75, 3.05) is 0 Å². The van der Waals surface area contributed by atoms with E-state index in [2.05, 4.69) is 63.4 Å². The second-order valence-electron chi connectivity index (χ2n) is 3.77. The normalized spacial score (nSPS) is 9.50. The van der Waals surface area contributed by atoms with Gasteiger partial charge in [-0.25, -0.2) is 0 Å². The largest absolute Gasteiger partial charge is 0.129 e. The maximum atomic E-state index is 3.40. The van der Waals surface area contributed by atoms with Gasteiger partial charge in [0.05, 0.1) is 0 Å². The van der Waals surface area contributed by atoms with E-state index in [4.69, 9.17) is 0 Å². The molecule has 0 saturated heterocycles. The molecular weight excluding hydrogens is 192 g/mol. The van der Waals surface area contributed by atoms with E-state index in [1.165, 1.54) is 5.56 Å². The standard InChI is InChI=1S/C9H12.C7H10/c1-8(2)9-6-4-3-5-7-9;1-3-5-7-6-4-2/h3-8H,1-2H3;5-7H,1,4H2,2H3/b;7-6-. The van der Waals surface area contributed by atoms with E-state index in [0.717, 1.165) is 6.42 Å². The minimum Gasteiger partial charge on any atom is -0.129 e. The Hall–Kier alpha value is -1.52. The van der Waals surface area contributed by atoms with Crippen LogP contribution in [-0.4, -0.2) is 0 Å². The Kier molecular flexibility index (Phi) is 9.06. The molecule has 0 amide bonds. The first-order chi connectivity index (χ1) is 7.72. The molecule has 1 aromatic carbocycles. The van der Waals surface area contributed by atoms with Crippen LogP contribution in [0.15, 0.2) is 60.9 Å². The van der Waals surface area contributed by atoms with Gasteiger partial charge in [0, 0.05) is 0 Å². The minimum absolute atomic E-state index is 0.659. The van der Waals surface area contributed by atoms with Crippen molar-refractivity contribution >= 4 is 0 Å². The average molecular weight is 214 g/mol. The molecule has 0 unspecified atom stereocenters. The predicted molar refractivity (Wildman–Crippen MR) is 73.7 cm³/mol. The molecule has 0 aliphatic heterocycles. The number of allylic oxidation sites excluding steroid dienone is 3. The van der Waals surface area contributed by atoms with Crippen molar-refractivity contribution in [1.29, 1.82) is 0 Å². The van der Waals surface area contributed by atoms with E-state index in [0.29, 0.717) is 5.92 Å². The topological polar surface area (TPSA) is 0 Å². The summed E-state index contributed by atoms with van der Waals surface area (Å²) in [6.45, 7) is 9.90. The second kappa shape index (κ2) is 10.0. The van der Waals surface area contributed by atoms with Gasteiger partial charge < -0.3 is 0 Å². The Morgan fingerprint density at radius 1 is 1.25 bits per heavy atom. The SMILES string of the molecule is C=C=C/C=C\CC.CC(C)c1ccccc1. The summed E-state index contributed by atoms with van der Waals surface area (Å²) in [4.78, 5) is 0. The lowest BCUT2D eigenvalue weighted by molar-refractivity contribution is 0.867. The molecule has 0 fully saturated rings. The molecule has 0 N–H and O–H groups in total. The highest BCUT2D eigenvalue weighted by molar-refractivity contribution is 5.17. The molecule has 0 radical (unpaired) electrons. The monoisotopic (exact) mass is 214 g/mol. The highest BCUT2D eigenvalue weighted by Crippen LogP contribution is 2.11. The first kappa shape index (κ1) is 14.5. The van der Waals surface area contributed by atoms with Crippen LogP contribution in [-0.2, 0) is 0 Å². The first-order valence-electron chi connectivity index (χ1n) is 5.78. The molecule has 86 valence electrons. The minimum atomic E-state index is 0.659. The van der Waals surface area contributed by atoms with Crippen molar-refractivity contribution in [2.24, 2.45) is 0 Å². The Morgan fingerprint density at radius 3 is 2.25 bits per heavy atom. The van der Waals surface area contributed by atoms with Crippen LogP contribution in [0.3, 0.4) is 0 Å². The lowest BCUT2D eigenvalue weighted by Crippen LogP contribution is -1.83. The fraction of sp³-hybridized carbons (Fsp3) is 0.312. The van der Waals surface area contributed by atoms with Crippen molar-refractivity contribution in [3.63, 3.8) is 0 Å². The van der Waals surface area contributed by atoms with Crippen molar-refractivity contribution in [3.05, 3.63) is 66.4 Å². The molecule has 16 heavy (non-hydrogen) atoms. The Bertz CT molecular complexity index is 324. The van der Waals surface area contributed by atoms with Crippen LogP contribution in [0.5, 0.6) is 0 Å². The summed E-state index contributed by atoms with van der Waals surface area (Å²) in [5.41, 5.74) is 4.06. The van der Waals surface area contributed by atoms with Gasteiger partial charge in [0.1, 0.15) is 0 Å². The molecule has 1 aromatic rings. The van der Waals surface area contributed by atoms with Gasteiger partial charge in [0.15, 0.2) is 0 Å². The van der Waals surface area contributed by atoms with E-state index >= 15 is 0 Å². The van der Waals surface area contributed by atoms with Crippen molar-refractivity contribution in [2.45, 2.75) is 33.1 Å². The average Bonchev–Trinajstić information content (AvgIpc) is 2.32. The van der Waals surface area contributed by atoms with E-state index in [9.17, 15) is 0 Å². The molecule has 0 spiro atoms. The Balaban J connectivity index is 0.000000293.